The van der Waals surface area contributed by atoms with Crippen molar-refractivity contribution in [2.45, 2.75) is 6.92 Å². The molecule has 1 aromatic heterocycles. The maximum atomic E-state index is 10.9. The first kappa shape index (κ1) is 13.4. The number of amides is 2. The molecule has 1 rings (SSSR count). The maximum Gasteiger partial charge on any atom is 0.237 e. The molecule has 0 bridgehead atoms. The van der Waals surface area contributed by atoms with Gasteiger partial charge in [-0.3, -0.25) is 9.59 Å². The normalized spacial score (nSPS) is 10.0. The number of nitrogens with zero attached hydrogens (tertiary/aromatic N) is 2. The zero-order valence-electron chi connectivity index (χ0n) is 9.31. The smallest absolute Gasteiger partial charge is 0.237 e. The minimum Gasteiger partial charge on any atom is -0.368 e. The second-order valence-electron chi connectivity index (χ2n) is 3.53. The maximum absolute atomic E-state index is 10.9. The van der Waals surface area contributed by atoms with E-state index in [0.717, 1.165) is 10.2 Å². The molecule has 0 unspecified atom stereocenters. The summed E-state index contributed by atoms with van der Waals surface area (Å²) in [6.45, 7) is 1.61. The van der Waals surface area contributed by atoms with Gasteiger partial charge in [-0.2, -0.15) is 0 Å². The van der Waals surface area contributed by atoms with Crippen LogP contribution in [0.2, 0.25) is 0 Å². The molecule has 92 valence electrons. The predicted octanol–water partition coefficient (Wildman–Crippen LogP) is -0.0705. The van der Waals surface area contributed by atoms with Crippen LogP contribution in [0, 0.1) is 6.92 Å². The van der Waals surface area contributed by atoms with E-state index in [0.29, 0.717) is 5.82 Å². The Morgan fingerprint density at radius 1 is 1.29 bits per heavy atom. The van der Waals surface area contributed by atoms with E-state index in [1.807, 2.05) is 0 Å². The number of pyridine rings is 1. The Bertz CT molecular complexity index is 434. The number of carbonyl (C=O) groups is 2. The standard InChI is InChI=1S/C10H13BrN4O2/c1-6-7(11)2-3-10(14-6)15(4-8(12)16)5-9(13)17/h2-3H,4-5H2,1H3,(H2,12,16)(H2,13,17). The molecule has 17 heavy (non-hydrogen) atoms. The van der Waals surface area contributed by atoms with Crippen molar-refractivity contribution in [1.29, 1.82) is 0 Å². The van der Waals surface area contributed by atoms with E-state index < -0.39 is 11.8 Å². The second-order valence-corrected chi connectivity index (χ2v) is 4.38. The van der Waals surface area contributed by atoms with Crippen molar-refractivity contribution in [3.05, 3.63) is 22.3 Å². The van der Waals surface area contributed by atoms with Crippen LogP contribution in [0.15, 0.2) is 16.6 Å². The zero-order valence-corrected chi connectivity index (χ0v) is 10.9. The van der Waals surface area contributed by atoms with Crippen LogP contribution >= 0.6 is 15.9 Å². The van der Waals surface area contributed by atoms with E-state index in [1.54, 1.807) is 19.1 Å². The summed E-state index contributed by atoms with van der Waals surface area (Å²) in [5.41, 5.74) is 11.0. The summed E-state index contributed by atoms with van der Waals surface area (Å²) in [7, 11) is 0. The molecule has 0 aliphatic rings. The fraction of sp³-hybridized carbons (Fsp3) is 0.300. The van der Waals surface area contributed by atoms with Gasteiger partial charge in [0.05, 0.1) is 18.8 Å². The Morgan fingerprint density at radius 2 is 1.82 bits per heavy atom. The highest BCUT2D eigenvalue weighted by Gasteiger charge is 2.14. The molecule has 0 fully saturated rings. The Labute approximate surface area is 107 Å². The average Bonchev–Trinajstić information content (AvgIpc) is 2.19. The number of carbonyl (C=O) groups excluding carboxylic acids is 2. The van der Waals surface area contributed by atoms with Crippen molar-refractivity contribution in [1.82, 2.24) is 4.98 Å². The average molecular weight is 301 g/mol. The number of primary amides is 2. The van der Waals surface area contributed by atoms with Crippen molar-refractivity contribution >= 4 is 33.6 Å². The third kappa shape index (κ3) is 4.03. The summed E-state index contributed by atoms with van der Waals surface area (Å²) in [5.74, 6) is -0.606. The molecule has 0 saturated heterocycles. The van der Waals surface area contributed by atoms with E-state index in [2.05, 4.69) is 20.9 Å². The minimum absolute atomic E-state index is 0.100. The van der Waals surface area contributed by atoms with Gasteiger partial charge >= 0.3 is 0 Å². The summed E-state index contributed by atoms with van der Waals surface area (Å²) in [6.07, 6.45) is 0. The summed E-state index contributed by atoms with van der Waals surface area (Å²) < 4.78 is 0.847. The lowest BCUT2D eigenvalue weighted by Gasteiger charge is -2.20. The van der Waals surface area contributed by atoms with E-state index in [-0.39, 0.29) is 13.1 Å². The molecule has 2 amide bonds. The number of anilines is 1. The molecule has 4 N–H and O–H groups in total. The summed E-state index contributed by atoms with van der Waals surface area (Å²) in [6, 6.07) is 3.47. The molecule has 0 aromatic carbocycles. The van der Waals surface area contributed by atoms with Crippen LogP contribution in [-0.4, -0.2) is 29.9 Å². The first-order valence-corrected chi connectivity index (χ1v) is 5.64. The number of hydrogen-bond acceptors (Lipinski definition) is 4. The predicted molar refractivity (Wildman–Crippen MR) is 67.3 cm³/mol. The molecule has 0 radical (unpaired) electrons. The van der Waals surface area contributed by atoms with Gasteiger partial charge in [0.2, 0.25) is 11.8 Å². The van der Waals surface area contributed by atoms with Crippen molar-refractivity contribution in [2.75, 3.05) is 18.0 Å². The Hall–Kier alpha value is -1.63. The van der Waals surface area contributed by atoms with Crippen LogP contribution < -0.4 is 16.4 Å². The molecule has 0 saturated carbocycles. The van der Waals surface area contributed by atoms with Crippen molar-refractivity contribution < 1.29 is 9.59 Å². The van der Waals surface area contributed by atoms with E-state index in [9.17, 15) is 9.59 Å². The summed E-state index contributed by atoms with van der Waals surface area (Å²) in [4.78, 5) is 27.5. The molecule has 0 atom stereocenters. The Balaban J connectivity index is 2.98. The number of halogens is 1. The SMILES string of the molecule is Cc1nc(N(CC(N)=O)CC(N)=O)ccc1Br. The largest absolute Gasteiger partial charge is 0.368 e. The Kier molecular flexibility index (Phi) is 4.45. The highest BCUT2D eigenvalue weighted by atomic mass is 79.9. The molecule has 0 spiro atoms. The van der Waals surface area contributed by atoms with Crippen LogP contribution in [0.25, 0.3) is 0 Å². The highest BCUT2D eigenvalue weighted by Crippen LogP contribution is 2.18. The Morgan fingerprint density at radius 3 is 2.24 bits per heavy atom. The van der Waals surface area contributed by atoms with Crippen LogP contribution in [0.5, 0.6) is 0 Å². The van der Waals surface area contributed by atoms with E-state index in [1.165, 1.54) is 4.90 Å². The van der Waals surface area contributed by atoms with Crippen molar-refractivity contribution in [3.63, 3.8) is 0 Å². The van der Waals surface area contributed by atoms with Gasteiger partial charge in [-0.25, -0.2) is 4.98 Å². The number of nitrogens with two attached hydrogens (primary N) is 2. The fourth-order valence-corrected chi connectivity index (χ4v) is 1.52. The molecule has 1 aromatic rings. The molecule has 6 nitrogen and oxygen atoms in total. The zero-order chi connectivity index (χ0) is 13.0. The third-order valence-corrected chi connectivity index (χ3v) is 2.86. The van der Waals surface area contributed by atoms with Gasteiger partial charge in [0.1, 0.15) is 5.82 Å². The van der Waals surface area contributed by atoms with E-state index in [4.69, 9.17) is 11.5 Å². The lowest BCUT2D eigenvalue weighted by Crippen LogP contribution is -2.40. The molecular weight excluding hydrogens is 288 g/mol. The van der Waals surface area contributed by atoms with Crippen LogP contribution in [0.3, 0.4) is 0 Å². The lowest BCUT2D eigenvalue weighted by molar-refractivity contribution is -0.117. The first-order valence-electron chi connectivity index (χ1n) is 4.85. The molecule has 0 aliphatic heterocycles. The topological polar surface area (TPSA) is 102 Å². The van der Waals surface area contributed by atoms with Crippen LogP contribution in [-0.2, 0) is 9.59 Å². The van der Waals surface area contributed by atoms with Gasteiger partial charge in [-0.05, 0) is 35.0 Å². The van der Waals surface area contributed by atoms with Gasteiger partial charge in [-0.1, -0.05) is 0 Å². The quantitative estimate of drug-likeness (QED) is 0.794. The van der Waals surface area contributed by atoms with Crippen molar-refractivity contribution in [2.24, 2.45) is 11.5 Å². The fourth-order valence-electron chi connectivity index (χ4n) is 1.30. The number of hydrogen-bond donors (Lipinski definition) is 2. The van der Waals surface area contributed by atoms with Gasteiger partial charge < -0.3 is 16.4 Å². The number of aryl methyl sites for hydroxylation is 1. The van der Waals surface area contributed by atoms with Gasteiger partial charge in [0.25, 0.3) is 0 Å². The van der Waals surface area contributed by atoms with Gasteiger partial charge in [-0.15, -0.1) is 0 Å². The second kappa shape index (κ2) is 5.62. The van der Waals surface area contributed by atoms with Gasteiger partial charge in [0, 0.05) is 4.47 Å². The molecule has 1 heterocycles. The third-order valence-electron chi connectivity index (χ3n) is 2.02. The first-order chi connectivity index (χ1) is 7.90. The molecule has 7 heteroatoms. The summed E-state index contributed by atoms with van der Waals surface area (Å²) in [5, 5.41) is 0. The lowest BCUT2D eigenvalue weighted by atomic mass is 10.3. The van der Waals surface area contributed by atoms with Crippen LogP contribution in [0.1, 0.15) is 5.69 Å². The van der Waals surface area contributed by atoms with E-state index >= 15 is 0 Å². The summed E-state index contributed by atoms with van der Waals surface area (Å²) >= 11 is 3.32. The van der Waals surface area contributed by atoms with Crippen LogP contribution in [0.4, 0.5) is 5.82 Å². The van der Waals surface area contributed by atoms with Gasteiger partial charge in [0.15, 0.2) is 0 Å². The molecular formula is C10H13BrN4O2. The number of rotatable bonds is 5. The number of aromatic nitrogens is 1. The molecule has 0 aliphatic carbocycles. The monoisotopic (exact) mass is 300 g/mol. The van der Waals surface area contributed by atoms with Crippen molar-refractivity contribution in [3.8, 4) is 0 Å². The minimum atomic E-state index is -0.548. The highest BCUT2D eigenvalue weighted by molar-refractivity contribution is 9.10.